The van der Waals surface area contributed by atoms with E-state index < -0.39 is 0 Å². The third-order valence-electron chi connectivity index (χ3n) is 4.01. The van der Waals surface area contributed by atoms with Gasteiger partial charge in [-0.3, -0.25) is 19.4 Å². The van der Waals surface area contributed by atoms with Crippen LogP contribution >= 0.6 is 12.2 Å². The number of anilines is 1. The van der Waals surface area contributed by atoms with Crippen LogP contribution in [-0.4, -0.2) is 53.9 Å². The Hall–Kier alpha value is -2.47. The lowest BCUT2D eigenvalue weighted by molar-refractivity contribution is -0.133. The Morgan fingerprint density at radius 1 is 1.00 bits per heavy atom. The van der Waals surface area contributed by atoms with Gasteiger partial charge in [-0.2, -0.15) is 0 Å². The molecule has 2 amide bonds. The molecule has 2 rings (SSSR count). The number of carbonyl (C=O) groups excluding carboxylic acids is 2. The smallest absolute Gasteiger partial charge is 0.265 e. The van der Waals surface area contributed by atoms with Gasteiger partial charge in [-0.25, -0.2) is 0 Å². The molecule has 25 heavy (non-hydrogen) atoms. The second-order valence-electron chi connectivity index (χ2n) is 5.81. The molecule has 1 aromatic carbocycles. The van der Waals surface area contributed by atoms with E-state index >= 15 is 0 Å². The number of carbonyl (C=O) groups is 2. The van der Waals surface area contributed by atoms with Gasteiger partial charge >= 0.3 is 0 Å². The van der Waals surface area contributed by atoms with Crippen LogP contribution in [0.3, 0.4) is 0 Å². The van der Waals surface area contributed by atoms with Gasteiger partial charge in [-0.15, -0.1) is 0 Å². The molecule has 0 spiro atoms. The van der Waals surface area contributed by atoms with Crippen LogP contribution in [0.4, 0.5) is 5.69 Å². The summed E-state index contributed by atoms with van der Waals surface area (Å²) in [6.07, 6.45) is 5.16. The van der Waals surface area contributed by atoms with Crippen molar-refractivity contribution in [2.75, 3.05) is 32.1 Å². The summed E-state index contributed by atoms with van der Waals surface area (Å²) in [6.45, 7) is 4.56. The average molecular weight is 357 g/mol. The number of hydrogen-bond acceptors (Lipinski definition) is 4. The van der Waals surface area contributed by atoms with Crippen LogP contribution < -0.4 is 4.90 Å². The summed E-state index contributed by atoms with van der Waals surface area (Å²) in [5, 5.41) is 0.278. The number of allylic oxidation sites excluding steroid dienone is 2. The first-order chi connectivity index (χ1) is 11.9. The monoisotopic (exact) mass is 357 g/mol. The molecular weight excluding hydrogens is 334 g/mol. The Morgan fingerprint density at radius 3 is 1.96 bits per heavy atom. The lowest BCUT2D eigenvalue weighted by Gasteiger charge is -2.35. The maximum Gasteiger partial charge on any atom is 0.265 e. The zero-order valence-corrected chi connectivity index (χ0v) is 15.8. The molecule has 1 heterocycles. The molecule has 132 valence electrons. The first kappa shape index (κ1) is 18.9. The highest BCUT2D eigenvalue weighted by Crippen LogP contribution is 2.18. The van der Waals surface area contributed by atoms with Gasteiger partial charge in [0.25, 0.3) is 11.8 Å². The van der Waals surface area contributed by atoms with Crippen molar-refractivity contribution in [3.05, 3.63) is 47.6 Å². The predicted octanol–water partition coefficient (Wildman–Crippen LogP) is 2.69. The highest BCUT2D eigenvalue weighted by molar-refractivity contribution is 7.80. The quantitative estimate of drug-likeness (QED) is 0.462. The zero-order valence-electron chi connectivity index (χ0n) is 15.0. The highest BCUT2D eigenvalue weighted by Gasteiger charge is 2.37. The van der Waals surface area contributed by atoms with E-state index in [4.69, 9.17) is 12.2 Å². The average Bonchev–Trinajstić information content (AvgIpc) is 2.59. The third kappa shape index (κ3) is 3.96. The van der Waals surface area contributed by atoms with Crippen LogP contribution in [0.1, 0.15) is 19.4 Å². The molecule has 0 N–H and O–H groups in total. The van der Waals surface area contributed by atoms with E-state index in [2.05, 4.69) is 0 Å². The second kappa shape index (κ2) is 8.07. The lowest BCUT2D eigenvalue weighted by atomic mass is 10.1. The van der Waals surface area contributed by atoms with E-state index in [9.17, 15) is 9.59 Å². The van der Waals surface area contributed by atoms with Gasteiger partial charge in [-0.1, -0.05) is 24.3 Å². The minimum absolute atomic E-state index is 0.137. The largest absolute Gasteiger partial charge is 0.378 e. The van der Waals surface area contributed by atoms with Gasteiger partial charge in [-0.05, 0) is 49.8 Å². The van der Waals surface area contributed by atoms with Crippen molar-refractivity contribution in [1.82, 2.24) is 9.80 Å². The number of hydrogen-bond donors (Lipinski definition) is 0. The van der Waals surface area contributed by atoms with E-state index in [1.54, 1.807) is 12.2 Å². The summed E-state index contributed by atoms with van der Waals surface area (Å²) >= 11 is 5.24. The van der Waals surface area contributed by atoms with Crippen LogP contribution in [0, 0.1) is 0 Å². The van der Waals surface area contributed by atoms with E-state index in [-0.39, 0.29) is 22.5 Å². The van der Waals surface area contributed by atoms with E-state index in [1.807, 2.05) is 63.2 Å². The van der Waals surface area contributed by atoms with Crippen molar-refractivity contribution in [2.45, 2.75) is 13.8 Å². The Bertz CT molecular complexity index is 708. The lowest BCUT2D eigenvalue weighted by Crippen LogP contribution is -2.55. The van der Waals surface area contributed by atoms with Gasteiger partial charge in [0.2, 0.25) is 0 Å². The van der Waals surface area contributed by atoms with Crippen LogP contribution in [0.15, 0.2) is 42.0 Å². The molecule has 0 saturated carbocycles. The van der Waals surface area contributed by atoms with Crippen molar-refractivity contribution in [3.8, 4) is 0 Å². The molecule has 0 aliphatic carbocycles. The Kier molecular flexibility index (Phi) is 6.09. The molecule has 0 bridgehead atoms. The van der Waals surface area contributed by atoms with Crippen LogP contribution in [-0.2, 0) is 9.59 Å². The molecule has 1 aromatic rings. The summed E-state index contributed by atoms with van der Waals surface area (Å²) in [6, 6.07) is 8.00. The number of likely N-dealkylation sites (N-methyl/N-ethyl adjacent to an activating group) is 2. The third-order valence-corrected chi connectivity index (χ3v) is 4.45. The summed E-state index contributed by atoms with van der Waals surface area (Å²) in [5.74, 6) is -0.676. The first-order valence-corrected chi connectivity index (χ1v) is 8.65. The SMILES string of the molecule is CCN1C(=O)C(=CC=Cc2ccc(N(C)C)cc2)C(=O)N(CC)C1=S. The molecular formula is C19H23N3O2S. The summed E-state index contributed by atoms with van der Waals surface area (Å²) in [5.41, 5.74) is 2.24. The molecule has 0 atom stereocenters. The van der Waals surface area contributed by atoms with E-state index in [0.29, 0.717) is 13.1 Å². The first-order valence-electron chi connectivity index (χ1n) is 8.24. The highest BCUT2D eigenvalue weighted by atomic mass is 32.1. The van der Waals surface area contributed by atoms with Crippen molar-refractivity contribution < 1.29 is 9.59 Å². The topological polar surface area (TPSA) is 43.9 Å². The molecule has 0 unspecified atom stereocenters. The van der Waals surface area contributed by atoms with Gasteiger partial charge in [0.1, 0.15) is 5.57 Å². The standard InChI is InChI=1S/C19H23N3O2S/c1-5-21-17(23)16(18(24)22(6-2)19(21)25)9-7-8-14-10-12-15(13-11-14)20(3)4/h7-13H,5-6H2,1-4H3. The minimum Gasteiger partial charge on any atom is -0.378 e. The summed E-state index contributed by atoms with van der Waals surface area (Å²) < 4.78 is 0. The van der Waals surface area contributed by atoms with Gasteiger partial charge < -0.3 is 4.90 Å². The normalized spacial score (nSPS) is 15.4. The molecule has 0 aromatic heterocycles. The Labute approximate surface area is 154 Å². The zero-order chi connectivity index (χ0) is 18.6. The second-order valence-corrected chi connectivity index (χ2v) is 6.17. The van der Waals surface area contributed by atoms with Gasteiger partial charge in [0.05, 0.1) is 0 Å². The van der Waals surface area contributed by atoms with Crippen molar-refractivity contribution in [3.63, 3.8) is 0 Å². The molecule has 0 radical (unpaired) electrons. The fourth-order valence-corrected chi connectivity index (χ4v) is 2.97. The van der Waals surface area contributed by atoms with Crippen molar-refractivity contribution in [1.29, 1.82) is 0 Å². The maximum absolute atomic E-state index is 12.5. The maximum atomic E-state index is 12.5. The molecule has 5 nitrogen and oxygen atoms in total. The van der Waals surface area contributed by atoms with Crippen LogP contribution in [0.2, 0.25) is 0 Å². The molecule has 1 fully saturated rings. The van der Waals surface area contributed by atoms with Gasteiger partial charge in [0.15, 0.2) is 5.11 Å². The number of benzene rings is 1. The van der Waals surface area contributed by atoms with Crippen molar-refractivity contribution >= 4 is 40.9 Å². The Balaban J connectivity index is 2.24. The molecule has 1 aliphatic rings. The van der Waals surface area contributed by atoms with Crippen LogP contribution in [0.25, 0.3) is 6.08 Å². The summed E-state index contributed by atoms with van der Waals surface area (Å²) in [4.78, 5) is 29.9. The van der Waals surface area contributed by atoms with Crippen molar-refractivity contribution in [2.24, 2.45) is 0 Å². The number of amides is 2. The Morgan fingerprint density at radius 2 is 1.52 bits per heavy atom. The number of rotatable bonds is 5. The fraction of sp³-hybridized carbons (Fsp3) is 0.316. The molecule has 1 aliphatic heterocycles. The van der Waals surface area contributed by atoms with E-state index in [0.717, 1.165) is 11.3 Å². The number of nitrogens with zero attached hydrogens (tertiary/aromatic N) is 3. The predicted molar refractivity (Wildman–Crippen MR) is 105 cm³/mol. The van der Waals surface area contributed by atoms with Gasteiger partial charge in [0, 0.05) is 32.9 Å². The molecule has 1 saturated heterocycles. The molecule has 6 heteroatoms. The number of thiocarbonyl (C=S) groups is 1. The minimum atomic E-state index is -0.338. The van der Waals surface area contributed by atoms with Crippen LogP contribution in [0.5, 0.6) is 0 Å². The fourth-order valence-electron chi connectivity index (χ4n) is 2.54. The van der Waals surface area contributed by atoms with E-state index in [1.165, 1.54) is 9.80 Å². The summed E-state index contributed by atoms with van der Waals surface area (Å²) in [7, 11) is 3.97.